The molecule has 0 spiro atoms. The lowest BCUT2D eigenvalue weighted by atomic mass is 10.00. The van der Waals surface area contributed by atoms with E-state index in [1.54, 1.807) is 6.20 Å². The normalized spacial score (nSPS) is 14.3. The molecular weight excluding hydrogens is 380 g/mol. The van der Waals surface area contributed by atoms with E-state index in [4.69, 9.17) is 10.7 Å². The zero-order valence-electron chi connectivity index (χ0n) is 17.8. The number of fused-ring (bicyclic) bond motifs is 1. The third-order valence-corrected chi connectivity index (χ3v) is 6.31. The van der Waals surface area contributed by atoms with Crippen molar-refractivity contribution in [3.8, 4) is 11.1 Å². The Morgan fingerprint density at radius 1 is 1.07 bits per heavy atom. The second kappa shape index (κ2) is 8.59. The molecule has 0 amide bonds. The van der Waals surface area contributed by atoms with Crippen molar-refractivity contribution < 1.29 is 4.21 Å². The number of hydrogen-bond acceptors (Lipinski definition) is 4. The first kappa shape index (κ1) is 21.4. The highest BCUT2D eigenvalue weighted by Gasteiger charge is 2.25. The zero-order valence-corrected chi connectivity index (χ0v) is 18.6. The molecular formula is C23H30N4OS. The van der Waals surface area contributed by atoms with Crippen molar-refractivity contribution in [1.82, 2.24) is 14.7 Å². The Labute approximate surface area is 175 Å². The minimum Gasteiger partial charge on any atom is -0.384 e. The first-order chi connectivity index (χ1) is 13.6. The number of aromatic nitrogens is 2. The maximum Gasteiger partial charge on any atom is 0.123 e. The monoisotopic (exact) mass is 410 g/mol. The summed E-state index contributed by atoms with van der Waals surface area (Å²) in [5.41, 5.74) is 9.77. The summed E-state index contributed by atoms with van der Waals surface area (Å²) in [6.45, 7) is 10.3. The SMILES string of the molecule is CC(C)CC(NS(=O)C(C)(C)C)c1ccc2cc(-c3ccnc(N)c3)ccc2n1. The summed E-state index contributed by atoms with van der Waals surface area (Å²) < 4.78 is 15.7. The van der Waals surface area contributed by atoms with Crippen LogP contribution in [0.1, 0.15) is 52.8 Å². The summed E-state index contributed by atoms with van der Waals surface area (Å²) in [5, 5.41) is 1.06. The molecule has 2 unspecified atom stereocenters. The minimum absolute atomic E-state index is 0.0564. The number of hydrogen-bond donors (Lipinski definition) is 2. The number of nitrogen functional groups attached to an aromatic ring is 1. The van der Waals surface area contributed by atoms with Crippen molar-refractivity contribution in [3.05, 3.63) is 54.4 Å². The molecule has 5 nitrogen and oxygen atoms in total. The topological polar surface area (TPSA) is 80.9 Å². The molecule has 0 saturated carbocycles. The van der Waals surface area contributed by atoms with Crippen molar-refractivity contribution >= 4 is 27.7 Å². The Bertz CT molecular complexity index is 1030. The Morgan fingerprint density at radius 2 is 1.79 bits per heavy atom. The lowest BCUT2D eigenvalue weighted by Crippen LogP contribution is -2.36. The van der Waals surface area contributed by atoms with E-state index in [0.717, 1.165) is 34.1 Å². The molecule has 6 heteroatoms. The summed E-state index contributed by atoms with van der Waals surface area (Å²) in [6, 6.07) is 14.1. The summed E-state index contributed by atoms with van der Waals surface area (Å²) in [6.07, 6.45) is 2.59. The van der Waals surface area contributed by atoms with Gasteiger partial charge in [-0.05, 0) is 74.6 Å². The van der Waals surface area contributed by atoms with E-state index in [2.05, 4.69) is 35.7 Å². The molecule has 3 aromatic rings. The van der Waals surface area contributed by atoms with E-state index in [1.165, 1.54) is 0 Å². The predicted molar refractivity (Wildman–Crippen MR) is 123 cm³/mol. The van der Waals surface area contributed by atoms with Crippen LogP contribution in [0.25, 0.3) is 22.0 Å². The second-order valence-corrected chi connectivity index (χ2v) is 10.8. The molecule has 29 heavy (non-hydrogen) atoms. The van der Waals surface area contributed by atoms with Crippen molar-refractivity contribution in [2.75, 3.05) is 5.73 Å². The Balaban J connectivity index is 1.94. The number of anilines is 1. The number of rotatable bonds is 6. The molecule has 2 heterocycles. The van der Waals surface area contributed by atoms with Gasteiger partial charge in [0.1, 0.15) is 5.82 Å². The van der Waals surface area contributed by atoms with Gasteiger partial charge >= 0.3 is 0 Å². The van der Waals surface area contributed by atoms with E-state index >= 15 is 0 Å². The molecule has 1 aromatic carbocycles. The molecule has 3 rings (SSSR count). The fraction of sp³-hybridized carbons (Fsp3) is 0.391. The van der Waals surface area contributed by atoms with Crippen LogP contribution in [0.3, 0.4) is 0 Å². The zero-order chi connectivity index (χ0) is 21.2. The molecule has 0 aliphatic rings. The predicted octanol–water partition coefficient (Wildman–Crippen LogP) is 5.02. The number of nitrogens with zero attached hydrogens (tertiary/aromatic N) is 2. The van der Waals surface area contributed by atoms with E-state index in [1.807, 2.05) is 51.1 Å². The van der Waals surface area contributed by atoms with Crippen LogP contribution < -0.4 is 10.5 Å². The van der Waals surface area contributed by atoms with Gasteiger partial charge in [-0.3, -0.25) is 4.98 Å². The quantitative estimate of drug-likeness (QED) is 0.598. The molecule has 0 bridgehead atoms. The van der Waals surface area contributed by atoms with Gasteiger partial charge in [-0.25, -0.2) is 13.9 Å². The van der Waals surface area contributed by atoms with Crippen molar-refractivity contribution in [2.24, 2.45) is 5.92 Å². The molecule has 0 radical (unpaired) electrons. The maximum atomic E-state index is 12.7. The summed E-state index contributed by atoms with van der Waals surface area (Å²) in [4.78, 5) is 8.94. The molecule has 0 aliphatic carbocycles. The van der Waals surface area contributed by atoms with Gasteiger partial charge in [0.25, 0.3) is 0 Å². The minimum atomic E-state index is -1.16. The first-order valence-corrected chi connectivity index (χ1v) is 11.1. The third kappa shape index (κ3) is 5.40. The molecule has 2 atom stereocenters. The Hall–Kier alpha value is -2.31. The first-order valence-electron chi connectivity index (χ1n) is 9.94. The average Bonchev–Trinajstić information content (AvgIpc) is 2.65. The summed E-state index contributed by atoms with van der Waals surface area (Å²) >= 11 is 0. The highest BCUT2D eigenvalue weighted by molar-refractivity contribution is 7.84. The van der Waals surface area contributed by atoms with Gasteiger partial charge in [0, 0.05) is 11.6 Å². The number of nitrogens with one attached hydrogen (secondary N) is 1. The Morgan fingerprint density at radius 3 is 2.45 bits per heavy atom. The van der Waals surface area contributed by atoms with Gasteiger partial charge in [0.05, 0.1) is 33.0 Å². The molecule has 3 N–H and O–H groups in total. The lowest BCUT2D eigenvalue weighted by Gasteiger charge is -2.25. The summed E-state index contributed by atoms with van der Waals surface area (Å²) in [7, 11) is -1.16. The smallest absolute Gasteiger partial charge is 0.123 e. The van der Waals surface area contributed by atoms with Gasteiger partial charge in [-0.2, -0.15) is 0 Å². The summed E-state index contributed by atoms with van der Waals surface area (Å²) in [5.74, 6) is 0.965. The van der Waals surface area contributed by atoms with Gasteiger partial charge in [-0.15, -0.1) is 0 Å². The molecule has 0 aliphatic heterocycles. The van der Waals surface area contributed by atoms with E-state index in [9.17, 15) is 4.21 Å². The van der Waals surface area contributed by atoms with Crippen LogP contribution in [0.15, 0.2) is 48.7 Å². The molecule has 0 saturated heterocycles. The molecule has 154 valence electrons. The highest BCUT2D eigenvalue weighted by atomic mass is 32.2. The van der Waals surface area contributed by atoms with Crippen molar-refractivity contribution in [3.63, 3.8) is 0 Å². The van der Waals surface area contributed by atoms with Crippen LogP contribution in [-0.4, -0.2) is 18.9 Å². The fourth-order valence-corrected chi connectivity index (χ4v) is 3.98. The van der Waals surface area contributed by atoms with Crippen LogP contribution in [0.5, 0.6) is 0 Å². The van der Waals surface area contributed by atoms with Crippen LogP contribution in [0, 0.1) is 5.92 Å². The van der Waals surface area contributed by atoms with Gasteiger partial charge < -0.3 is 5.73 Å². The van der Waals surface area contributed by atoms with Gasteiger partial charge in [0.15, 0.2) is 0 Å². The van der Waals surface area contributed by atoms with Crippen LogP contribution in [-0.2, 0) is 11.0 Å². The number of pyridine rings is 2. The number of benzene rings is 1. The van der Waals surface area contributed by atoms with E-state index < -0.39 is 11.0 Å². The van der Waals surface area contributed by atoms with Gasteiger partial charge in [-0.1, -0.05) is 26.0 Å². The fourth-order valence-electron chi connectivity index (χ4n) is 3.15. The van der Waals surface area contributed by atoms with Crippen molar-refractivity contribution in [2.45, 2.75) is 51.8 Å². The standard InChI is InChI=1S/C23H30N4OS/c1-15(2)12-21(27-29(28)23(3,4)5)20-9-7-18-13-16(6-8-19(18)26-20)17-10-11-25-22(24)14-17/h6-11,13-15,21,27H,12H2,1-5H3,(H2,24,25). The lowest BCUT2D eigenvalue weighted by molar-refractivity contribution is 0.473. The third-order valence-electron chi connectivity index (χ3n) is 4.69. The average molecular weight is 411 g/mol. The number of nitrogens with two attached hydrogens (primary N) is 1. The molecule has 0 fully saturated rings. The van der Waals surface area contributed by atoms with Crippen LogP contribution in [0.4, 0.5) is 5.82 Å². The second-order valence-electron chi connectivity index (χ2n) is 8.79. The van der Waals surface area contributed by atoms with Crippen LogP contribution in [0.2, 0.25) is 0 Å². The highest BCUT2D eigenvalue weighted by Crippen LogP contribution is 2.28. The van der Waals surface area contributed by atoms with E-state index in [-0.39, 0.29) is 10.8 Å². The largest absolute Gasteiger partial charge is 0.384 e. The molecule has 2 aromatic heterocycles. The van der Waals surface area contributed by atoms with Crippen molar-refractivity contribution in [1.29, 1.82) is 0 Å². The Kier molecular flexibility index (Phi) is 6.34. The maximum absolute atomic E-state index is 12.7. The van der Waals surface area contributed by atoms with Gasteiger partial charge in [0.2, 0.25) is 0 Å². The van der Waals surface area contributed by atoms with E-state index in [0.29, 0.717) is 11.7 Å². The van der Waals surface area contributed by atoms with Crippen LogP contribution >= 0.6 is 0 Å².